The van der Waals surface area contributed by atoms with E-state index in [1.54, 1.807) is 4.90 Å². The number of esters is 1. The fraction of sp³-hybridized carbons (Fsp3) is 0.579. The number of methoxy groups -OCH3 is 1. The second kappa shape index (κ2) is 7.87. The van der Waals surface area contributed by atoms with E-state index in [9.17, 15) is 9.59 Å². The highest BCUT2D eigenvalue weighted by molar-refractivity contribution is 5.91. The van der Waals surface area contributed by atoms with Crippen LogP contribution in [0.5, 0.6) is 0 Å². The minimum absolute atomic E-state index is 0.266. The van der Waals surface area contributed by atoms with Crippen LogP contribution in [-0.4, -0.2) is 60.8 Å². The normalized spacial score (nSPS) is 15.8. The summed E-state index contributed by atoms with van der Waals surface area (Å²) < 4.78 is 10.3. The van der Waals surface area contributed by atoms with E-state index in [1.165, 1.54) is 7.11 Å². The molecule has 0 atom stereocenters. The summed E-state index contributed by atoms with van der Waals surface area (Å²) in [5.41, 5.74) is 2.18. The molecule has 0 spiro atoms. The van der Waals surface area contributed by atoms with Crippen LogP contribution in [0, 0.1) is 6.92 Å². The molecule has 1 heterocycles. The minimum atomic E-state index is -0.481. The molecule has 6 heteroatoms. The Bertz CT molecular complexity index is 629. The Morgan fingerprint density at radius 2 is 1.76 bits per heavy atom. The zero-order valence-corrected chi connectivity index (χ0v) is 15.8. The summed E-state index contributed by atoms with van der Waals surface area (Å²) in [6.07, 6.45) is -0.266. The predicted octanol–water partition coefficient (Wildman–Crippen LogP) is 2.83. The molecular weight excluding hydrogens is 320 g/mol. The van der Waals surface area contributed by atoms with Gasteiger partial charge in [0.15, 0.2) is 0 Å². The number of carbonyl (C=O) groups excluding carboxylic acids is 2. The fourth-order valence-electron chi connectivity index (χ4n) is 2.82. The summed E-state index contributed by atoms with van der Waals surface area (Å²) in [6, 6.07) is 5.75. The number of carbonyl (C=O) groups is 2. The Hall–Kier alpha value is -2.08. The summed E-state index contributed by atoms with van der Waals surface area (Å²) in [7, 11) is 1.39. The fourth-order valence-corrected chi connectivity index (χ4v) is 2.82. The molecule has 138 valence electrons. The van der Waals surface area contributed by atoms with Gasteiger partial charge in [-0.3, -0.25) is 4.90 Å². The van der Waals surface area contributed by atoms with E-state index in [-0.39, 0.29) is 12.1 Å². The van der Waals surface area contributed by atoms with Gasteiger partial charge in [-0.2, -0.15) is 0 Å². The molecule has 0 N–H and O–H groups in total. The lowest BCUT2D eigenvalue weighted by atomic mass is 10.0. The highest BCUT2D eigenvalue weighted by Gasteiger charge is 2.26. The first kappa shape index (κ1) is 19.2. The van der Waals surface area contributed by atoms with Gasteiger partial charge >= 0.3 is 12.1 Å². The van der Waals surface area contributed by atoms with E-state index in [1.807, 2.05) is 45.9 Å². The van der Waals surface area contributed by atoms with Crippen LogP contribution in [0.25, 0.3) is 0 Å². The lowest BCUT2D eigenvalue weighted by Crippen LogP contribution is -2.49. The summed E-state index contributed by atoms with van der Waals surface area (Å²) in [5, 5.41) is 0. The van der Waals surface area contributed by atoms with Crippen molar-refractivity contribution in [3.05, 3.63) is 34.9 Å². The van der Waals surface area contributed by atoms with Crippen molar-refractivity contribution in [1.29, 1.82) is 0 Å². The Labute approximate surface area is 149 Å². The van der Waals surface area contributed by atoms with Crippen molar-refractivity contribution < 1.29 is 19.1 Å². The molecule has 1 aliphatic rings. The highest BCUT2D eigenvalue weighted by atomic mass is 16.6. The third kappa shape index (κ3) is 5.46. The number of piperazine rings is 1. The molecule has 1 aromatic rings. The second-order valence-electron chi connectivity index (χ2n) is 7.40. The van der Waals surface area contributed by atoms with E-state index in [0.717, 1.165) is 24.2 Å². The van der Waals surface area contributed by atoms with E-state index in [4.69, 9.17) is 9.47 Å². The number of rotatable bonds is 3. The zero-order chi connectivity index (χ0) is 18.6. The number of ether oxygens (including phenoxy) is 2. The van der Waals surface area contributed by atoms with Gasteiger partial charge in [0.25, 0.3) is 0 Å². The predicted molar refractivity (Wildman–Crippen MR) is 95.6 cm³/mol. The SMILES string of the molecule is COC(=O)c1ccc(C)cc1CN1CCN(C(=O)OC(C)(C)C)CC1. The molecule has 0 bridgehead atoms. The third-order valence-corrected chi connectivity index (χ3v) is 4.08. The van der Waals surface area contributed by atoms with Crippen molar-refractivity contribution in [2.24, 2.45) is 0 Å². The van der Waals surface area contributed by atoms with Gasteiger partial charge in [-0.25, -0.2) is 9.59 Å². The van der Waals surface area contributed by atoms with Gasteiger partial charge < -0.3 is 14.4 Å². The maximum absolute atomic E-state index is 12.1. The van der Waals surface area contributed by atoms with Crippen LogP contribution in [0.15, 0.2) is 18.2 Å². The number of benzene rings is 1. The Morgan fingerprint density at radius 1 is 1.12 bits per heavy atom. The van der Waals surface area contributed by atoms with Gasteiger partial charge in [-0.05, 0) is 39.3 Å². The smallest absolute Gasteiger partial charge is 0.410 e. The van der Waals surface area contributed by atoms with Crippen molar-refractivity contribution in [1.82, 2.24) is 9.80 Å². The van der Waals surface area contributed by atoms with E-state index in [0.29, 0.717) is 25.2 Å². The van der Waals surface area contributed by atoms with Gasteiger partial charge in [-0.15, -0.1) is 0 Å². The van der Waals surface area contributed by atoms with Crippen LogP contribution in [0.3, 0.4) is 0 Å². The molecule has 1 saturated heterocycles. The summed E-state index contributed by atoms with van der Waals surface area (Å²) >= 11 is 0. The van der Waals surface area contributed by atoms with Crippen molar-refractivity contribution >= 4 is 12.1 Å². The molecule has 2 rings (SSSR count). The molecule has 1 amide bonds. The third-order valence-electron chi connectivity index (χ3n) is 4.08. The van der Waals surface area contributed by atoms with E-state index >= 15 is 0 Å². The molecule has 1 aromatic carbocycles. The van der Waals surface area contributed by atoms with Gasteiger partial charge in [-0.1, -0.05) is 17.7 Å². The summed E-state index contributed by atoms with van der Waals surface area (Å²) in [4.78, 5) is 28.1. The van der Waals surface area contributed by atoms with Crippen LogP contribution in [0.2, 0.25) is 0 Å². The van der Waals surface area contributed by atoms with E-state index < -0.39 is 5.60 Å². The molecule has 1 aliphatic heterocycles. The lowest BCUT2D eigenvalue weighted by Gasteiger charge is -2.35. The van der Waals surface area contributed by atoms with Gasteiger partial charge in [0.2, 0.25) is 0 Å². The average Bonchev–Trinajstić information content (AvgIpc) is 2.53. The van der Waals surface area contributed by atoms with Crippen LogP contribution in [0.4, 0.5) is 4.79 Å². The van der Waals surface area contributed by atoms with Crippen molar-refractivity contribution in [2.45, 2.75) is 39.8 Å². The molecule has 0 aliphatic carbocycles. The Morgan fingerprint density at radius 3 is 2.32 bits per heavy atom. The van der Waals surface area contributed by atoms with Crippen molar-refractivity contribution in [3.63, 3.8) is 0 Å². The monoisotopic (exact) mass is 348 g/mol. The molecule has 6 nitrogen and oxygen atoms in total. The Balaban J connectivity index is 1.97. The minimum Gasteiger partial charge on any atom is -0.465 e. The maximum atomic E-state index is 12.1. The number of hydrogen-bond donors (Lipinski definition) is 0. The molecular formula is C19H28N2O4. The van der Waals surface area contributed by atoms with Crippen LogP contribution in [0.1, 0.15) is 42.3 Å². The summed E-state index contributed by atoms with van der Waals surface area (Å²) in [5.74, 6) is -0.317. The Kier molecular flexibility index (Phi) is 6.06. The second-order valence-corrected chi connectivity index (χ2v) is 7.40. The maximum Gasteiger partial charge on any atom is 0.410 e. The topological polar surface area (TPSA) is 59.1 Å². The first-order chi connectivity index (χ1) is 11.7. The zero-order valence-electron chi connectivity index (χ0n) is 15.8. The number of nitrogens with zero attached hydrogens (tertiary/aromatic N) is 2. The van der Waals surface area contributed by atoms with Crippen molar-refractivity contribution in [3.8, 4) is 0 Å². The largest absolute Gasteiger partial charge is 0.465 e. The van der Waals surface area contributed by atoms with Gasteiger partial charge in [0.1, 0.15) is 5.60 Å². The van der Waals surface area contributed by atoms with Crippen LogP contribution >= 0.6 is 0 Å². The number of hydrogen-bond acceptors (Lipinski definition) is 5. The standard InChI is InChI=1S/C19H28N2O4/c1-14-6-7-16(17(22)24-5)15(12-14)13-20-8-10-21(11-9-20)18(23)25-19(2,3)4/h6-7,12H,8-11,13H2,1-5H3. The molecule has 25 heavy (non-hydrogen) atoms. The van der Waals surface area contributed by atoms with Crippen LogP contribution in [-0.2, 0) is 16.0 Å². The first-order valence-corrected chi connectivity index (χ1v) is 8.58. The van der Waals surface area contributed by atoms with Crippen molar-refractivity contribution in [2.75, 3.05) is 33.3 Å². The van der Waals surface area contributed by atoms with Crippen LogP contribution < -0.4 is 0 Å². The highest BCUT2D eigenvalue weighted by Crippen LogP contribution is 2.18. The number of amides is 1. The first-order valence-electron chi connectivity index (χ1n) is 8.58. The number of aryl methyl sites for hydroxylation is 1. The lowest BCUT2D eigenvalue weighted by molar-refractivity contribution is 0.0139. The van der Waals surface area contributed by atoms with E-state index in [2.05, 4.69) is 4.90 Å². The quantitative estimate of drug-likeness (QED) is 0.786. The average molecular weight is 348 g/mol. The van der Waals surface area contributed by atoms with Gasteiger partial charge in [0, 0.05) is 32.7 Å². The molecule has 1 fully saturated rings. The molecule has 0 saturated carbocycles. The molecule has 0 radical (unpaired) electrons. The molecule has 0 unspecified atom stereocenters. The van der Waals surface area contributed by atoms with Gasteiger partial charge in [0.05, 0.1) is 12.7 Å². The summed E-state index contributed by atoms with van der Waals surface area (Å²) in [6.45, 7) is 11.0. The molecule has 0 aromatic heterocycles.